The van der Waals surface area contributed by atoms with Crippen LogP contribution in [0.2, 0.25) is 0 Å². The summed E-state index contributed by atoms with van der Waals surface area (Å²) in [6.07, 6.45) is 0.445. The quantitative estimate of drug-likeness (QED) is 0.592. The Kier molecular flexibility index (Phi) is 3.50. The number of nitrogens with one attached hydrogen (secondary N) is 1. The number of oxazole rings is 1. The Morgan fingerprint density at radius 2 is 2.17 bits per heavy atom. The van der Waals surface area contributed by atoms with Crippen molar-refractivity contribution in [3.05, 3.63) is 28.7 Å². The smallest absolute Gasteiger partial charge is 0.408 e. The maximum absolute atomic E-state index is 11.8. The molecule has 0 bridgehead atoms. The Morgan fingerprint density at radius 3 is 2.89 bits per heavy atom. The lowest BCUT2D eigenvalue weighted by Gasteiger charge is -2.04. The summed E-state index contributed by atoms with van der Waals surface area (Å²) in [5.41, 5.74) is 5.85. The van der Waals surface area contributed by atoms with Gasteiger partial charge >= 0.3 is 5.76 Å². The first-order chi connectivity index (χ1) is 8.53. The van der Waals surface area contributed by atoms with Crippen molar-refractivity contribution in [2.75, 3.05) is 13.2 Å². The fraction of sp³-hybridized carbons (Fsp3) is 0.300. The fourth-order valence-electron chi connectivity index (χ4n) is 1.40. The number of H-pyrrole nitrogens is 1. The molecule has 1 aromatic carbocycles. The molecule has 0 atom stereocenters. The lowest BCUT2D eigenvalue weighted by Crippen LogP contribution is -2.10. The molecule has 2 rings (SSSR count). The summed E-state index contributed by atoms with van der Waals surface area (Å²) in [4.78, 5) is 13.3. The lowest BCUT2D eigenvalue weighted by atomic mass is 10.3. The molecule has 0 aliphatic rings. The van der Waals surface area contributed by atoms with Crippen molar-refractivity contribution >= 4 is 21.2 Å². The summed E-state index contributed by atoms with van der Waals surface area (Å²) in [5.74, 6) is -0.636. The third-order valence-corrected chi connectivity index (χ3v) is 3.58. The molecule has 98 valence electrons. The van der Waals surface area contributed by atoms with E-state index < -0.39 is 15.9 Å². The number of aromatic nitrogens is 1. The van der Waals surface area contributed by atoms with Crippen LogP contribution in [0.5, 0.6) is 0 Å². The second-order valence-corrected chi connectivity index (χ2v) is 5.21. The maximum atomic E-state index is 11.8. The SMILES string of the molecule is NCCCOS(=O)(=O)c1ccc2[nH]c(=O)oc2c1. The van der Waals surface area contributed by atoms with Gasteiger partial charge in [0.1, 0.15) is 0 Å². The molecule has 2 aromatic rings. The minimum atomic E-state index is -3.85. The van der Waals surface area contributed by atoms with E-state index in [1.165, 1.54) is 18.2 Å². The molecule has 1 aromatic heterocycles. The fourth-order valence-corrected chi connectivity index (χ4v) is 2.36. The van der Waals surface area contributed by atoms with E-state index in [4.69, 9.17) is 14.3 Å². The van der Waals surface area contributed by atoms with E-state index in [9.17, 15) is 13.2 Å². The van der Waals surface area contributed by atoms with Crippen molar-refractivity contribution in [3.63, 3.8) is 0 Å². The van der Waals surface area contributed by atoms with Crippen LogP contribution < -0.4 is 11.5 Å². The normalized spacial score (nSPS) is 12.1. The molecule has 0 amide bonds. The van der Waals surface area contributed by atoms with E-state index in [1.54, 1.807) is 0 Å². The monoisotopic (exact) mass is 272 g/mol. The Bertz CT molecular complexity index is 700. The number of fused-ring (bicyclic) bond motifs is 1. The molecule has 3 N–H and O–H groups in total. The second kappa shape index (κ2) is 4.92. The van der Waals surface area contributed by atoms with Gasteiger partial charge in [0.25, 0.3) is 10.1 Å². The maximum Gasteiger partial charge on any atom is 0.417 e. The molecule has 0 aliphatic carbocycles. The molecule has 0 fully saturated rings. The zero-order valence-electron chi connectivity index (χ0n) is 9.38. The Balaban J connectivity index is 2.32. The first kappa shape index (κ1) is 12.8. The predicted octanol–water partition coefficient (Wildman–Crippen LogP) is 0.175. The van der Waals surface area contributed by atoms with Gasteiger partial charge in [0.05, 0.1) is 17.0 Å². The molecule has 0 aliphatic heterocycles. The first-order valence-electron chi connectivity index (χ1n) is 5.25. The van der Waals surface area contributed by atoms with Gasteiger partial charge in [-0.3, -0.25) is 9.17 Å². The van der Waals surface area contributed by atoms with Crippen molar-refractivity contribution in [1.82, 2.24) is 4.98 Å². The highest BCUT2D eigenvalue weighted by molar-refractivity contribution is 7.86. The first-order valence-corrected chi connectivity index (χ1v) is 6.66. The number of nitrogens with two attached hydrogens (primary N) is 1. The van der Waals surface area contributed by atoms with Gasteiger partial charge in [0.2, 0.25) is 0 Å². The molecule has 8 heteroatoms. The van der Waals surface area contributed by atoms with E-state index in [0.29, 0.717) is 18.5 Å². The van der Waals surface area contributed by atoms with Crippen LogP contribution in [-0.2, 0) is 14.3 Å². The van der Waals surface area contributed by atoms with E-state index in [2.05, 4.69) is 4.98 Å². The van der Waals surface area contributed by atoms with Crippen molar-refractivity contribution in [1.29, 1.82) is 0 Å². The Morgan fingerprint density at radius 1 is 1.39 bits per heavy atom. The molecule has 0 saturated heterocycles. The number of benzene rings is 1. The van der Waals surface area contributed by atoms with Gasteiger partial charge in [-0.15, -0.1) is 0 Å². The minimum Gasteiger partial charge on any atom is -0.408 e. The van der Waals surface area contributed by atoms with Crippen molar-refractivity contribution in [2.24, 2.45) is 5.73 Å². The van der Waals surface area contributed by atoms with Crippen LogP contribution in [0.1, 0.15) is 6.42 Å². The zero-order chi connectivity index (χ0) is 13.2. The number of hydrogen-bond acceptors (Lipinski definition) is 6. The van der Waals surface area contributed by atoms with Crippen molar-refractivity contribution in [2.45, 2.75) is 11.3 Å². The van der Waals surface area contributed by atoms with Crippen LogP contribution in [0.4, 0.5) is 0 Å². The van der Waals surface area contributed by atoms with Gasteiger partial charge in [-0.05, 0) is 25.1 Å². The van der Waals surface area contributed by atoms with E-state index >= 15 is 0 Å². The lowest BCUT2D eigenvalue weighted by molar-refractivity contribution is 0.314. The summed E-state index contributed by atoms with van der Waals surface area (Å²) >= 11 is 0. The largest absolute Gasteiger partial charge is 0.417 e. The van der Waals surface area contributed by atoms with Gasteiger partial charge in [0.15, 0.2) is 5.58 Å². The standard InChI is InChI=1S/C10H12N2O5S/c11-4-1-5-16-18(14,15)7-2-3-8-9(6-7)17-10(13)12-8/h2-3,6H,1,4-5,11H2,(H,12,13). The molecule has 1 heterocycles. The summed E-state index contributed by atoms with van der Waals surface area (Å²) in [5, 5.41) is 0. The van der Waals surface area contributed by atoms with Crippen LogP contribution in [-0.4, -0.2) is 26.6 Å². The van der Waals surface area contributed by atoms with E-state index in [1.807, 2.05) is 0 Å². The molecule has 0 unspecified atom stereocenters. The predicted molar refractivity (Wildman–Crippen MR) is 63.6 cm³/mol. The summed E-state index contributed by atoms with van der Waals surface area (Å²) in [6, 6.07) is 4.02. The Labute approximate surface area is 103 Å². The van der Waals surface area contributed by atoms with Gasteiger partial charge in [-0.25, -0.2) is 4.79 Å². The molecule has 7 nitrogen and oxygen atoms in total. The van der Waals surface area contributed by atoms with Crippen molar-refractivity contribution < 1.29 is 17.0 Å². The van der Waals surface area contributed by atoms with Crippen LogP contribution in [0.15, 0.2) is 32.3 Å². The van der Waals surface area contributed by atoms with Gasteiger partial charge in [-0.2, -0.15) is 8.42 Å². The topological polar surface area (TPSA) is 115 Å². The highest BCUT2D eigenvalue weighted by Crippen LogP contribution is 2.18. The zero-order valence-corrected chi connectivity index (χ0v) is 10.2. The average Bonchev–Trinajstić information content (AvgIpc) is 2.68. The van der Waals surface area contributed by atoms with Gasteiger partial charge in [-0.1, -0.05) is 0 Å². The minimum absolute atomic E-state index is 0.0218. The molecular weight excluding hydrogens is 260 g/mol. The molecule has 18 heavy (non-hydrogen) atoms. The summed E-state index contributed by atoms with van der Waals surface area (Å²) < 4.78 is 33.1. The average molecular weight is 272 g/mol. The number of hydrogen-bond donors (Lipinski definition) is 2. The second-order valence-electron chi connectivity index (χ2n) is 3.59. The third-order valence-electron chi connectivity index (χ3n) is 2.27. The van der Waals surface area contributed by atoms with Crippen LogP contribution in [0.25, 0.3) is 11.1 Å². The molecule has 0 saturated carbocycles. The van der Waals surface area contributed by atoms with Gasteiger partial charge < -0.3 is 10.2 Å². The Hall–Kier alpha value is -1.64. The van der Waals surface area contributed by atoms with Crippen molar-refractivity contribution in [3.8, 4) is 0 Å². The van der Waals surface area contributed by atoms with Crippen LogP contribution in [0, 0.1) is 0 Å². The summed E-state index contributed by atoms with van der Waals surface area (Å²) in [6.45, 7) is 0.370. The van der Waals surface area contributed by atoms with E-state index in [0.717, 1.165) is 0 Å². The highest BCUT2D eigenvalue weighted by Gasteiger charge is 2.16. The molecule has 0 spiro atoms. The number of rotatable bonds is 5. The van der Waals surface area contributed by atoms with Crippen LogP contribution in [0.3, 0.4) is 0 Å². The van der Waals surface area contributed by atoms with E-state index in [-0.39, 0.29) is 17.1 Å². The molecular formula is C10H12N2O5S. The third kappa shape index (κ3) is 2.61. The number of aromatic amines is 1. The van der Waals surface area contributed by atoms with Crippen LogP contribution >= 0.6 is 0 Å². The molecule has 0 radical (unpaired) electrons. The highest BCUT2D eigenvalue weighted by atomic mass is 32.2. The van der Waals surface area contributed by atoms with Gasteiger partial charge in [0, 0.05) is 6.07 Å². The summed E-state index contributed by atoms with van der Waals surface area (Å²) in [7, 11) is -3.85.